The normalized spacial score (nSPS) is 12.4. The van der Waals surface area contributed by atoms with Crippen LogP contribution in [0.15, 0.2) is 23.7 Å². The van der Waals surface area contributed by atoms with Gasteiger partial charge in [-0.05, 0) is 32.8 Å². The van der Waals surface area contributed by atoms with E-state index in [0.717, 1.165) is 6.21 Å². The summed E-state index contributed by atoms with van der Waals surface area (Å²) in [5.41, 5.74) is -0.775. The van der Waals surface area contributed by atoms with E-state index in [1.54, 1.807) is 26.8 Å². The summed E-state index contributed by atoms with van der Waals surface area (Å²) in [6.45, 7) is 9.76. The predicted octanol–water partition coefficient (Wildman–Crippen LogP) is 2.93. The van der Waals surface area contributed by atoms with Gasteiger partial charge in [0.2, 0.25) is 5.88 Å². The van der Waals surface area contributed by atoms with Crippen molar-refractivity contribution in [2.75, 3.05) is 25.7 Å². The van der Waals surface area contributed by atoms with Crippen LogP contribution in [0.5, 0.6) is 0 Å². The Bertz CT molecular complexity index is 559. The lowest BCUT2D eigenvalue weighted by atomic mass is 10.1. The molecule has 0 saturated heterocycles. The molecule has 1 amide bonds. The van der Waals surface area contributed by atoms with E-state index in [0.29, 0.717) is 6.61 Å². The molecule has 9 heteroatoms. The lowest BCUT2D eigenvalue weighted by molar-refractivity contribution is -0.138. The van der Waals surface area contributed by atoms with E-state index in [9.17, 15) is 9.59 Å². The van der Waals surface area contributed by atoms with Gasteiger partial charge in [-0.2, -0.15) is 0 Å². The molecule has 0 aromatic carbocycles. The number of hydrogen-bond donors (Lipinski definition) is 3. The first-order valence-corrected chi connectivity index (χ1v) is 9.20. The van der Waals surface area contributed by atoms with Crippen LogP contribution in [0.25, 0.3) is 0 Å². The number of alkyl carbamates (subject to hydrolysis) is 1. The van der Waals surface area contributed by atoms with E-state index < -0.39 is 17.6 Å². The van der Waals surface area contributed by atoms with Gasteiger partial charge >= 0.3 is 12.1 Å². The molecule has 154 valence electrons. The Labute approximate surface area is 165 Å². The molecule has 0 spiro atoms. The third kappa shape index (κ3) is 11.2. The maximum absolute atomic E-state index is 12.0. The molecule has 0 fully saturated rings. The summed E-state index contributed by atoms with van der Waals surface area (Å²) >= 11 is 5.47. The smallest absolute Gasteiger partial charge is 0.407 e. The van der Waals surface area contributed by atoms with Gasteiger partial charge in [-0.15, -0.1) is 11.6 Å². The van der Waals surface area contributed by atoms with Gasteiger partial charge in [-0.1, -0.05) is 13.8 Å². The summed E-state index contributed by atoms with van der Waals surface area (Å²) in [6.07, 6.45) is 3.45. The molecule has 0 aromatic rings. The average Bonchev–Trinajstić information content (AvgIpc) is 2.57. The SMILES string of the molecule is CCOC(=O)/C(C=N)=C(/N/C=C/C(C)(C)NC(=O)OCCCl)OCC(C)C. The van der Waals surface area contributed by atoms with Crippen LogP contribution in [-0.4, -0.2) is 49.5 Å². The van der Waals surface area contributed by atoms with Crippen LogP contribution in [0.3, 0.4) is 0 Å². The maximum atomic E-state index is 12.0. The monoisotopic (exact) mass is 403 g/mol. The average molecular weight is 404 g/mol. The van der Waals surface area contributed by atoms with Gasteiger partial charge in [0, 0.05) is 12.4 Å². The fourth-order valence-electron chi connectivity index (χ4n) is 1.67. The molecule has 27 heavy (non-hydrogen) atoms. The molecule has 0 saturated carbocycles. The van der Waals surface area contributed by atoms with Crippen molar-refractivity contribution in [3.63, 3.8) is 0 Å². The number of carbonyl (C=O) groups is 2. The molecule has 0 aliphatic rings. The second-order valence-corrected chi connectivity index (χ2v) is 6.84. The summed E-state index contributed by atoms with van der Waals surface area (Å²) in [5, 5.41) is 13.0. The van der Waals surface area contributed by atoms with Crippen LogP contribution in [0.1, 0.15) is 34.6 Å². The van der Waals surface area contributed by atoms with Crippen LogP contribution >= 0.6 is 11.6 Å². The summed E-state index contributed by atoms with van der Waals surface area (Å²) < 4.78 is 15.4. The van der Waals surface area contributed by atoms with E-state index in [1.807, 2.05) is 13.8 Å². The van der Waals surface area contributed by atoms with Gasteiger partial charge in [0.15, 0.2) is 0 Å². The van der Waals surface area contributed by atoms with Gasteiger partial charge in [-0.25, -0.2) is 9.59 Å². The minimum Gasteiger partial charge on any atom is -0.478 e. The zero-order chi connectivity index (χ0) is 20.9. The number of esters is 1. The maximum Gasteiger partial charge on any atom is 0.407 e. The molecule has 0 radical (unpaired) electrons. The number of carbonyl (C=O) groups excluding carboxylic acids is 2. The highest BCUT2D eigenvalue weighted by atomic mass is 35.5. The van der Waals surface area contributed by atoms with Crippen molar-refractivity contribution in [1.29, 1.82) is 5.41 Å². The highest BCUT2D eigenvalue weighted by Gasteiger charge is 2.19. The molecule has 0 aliphatic carbocycles. The van der Waals surface area contributed by atoms with Gasteiger partial charge in [0.05, 0.1) is 24.6 Å². The van der Waals surface area contributed by atoms with Crippen LogP contribution in [0.4, 0.5) is 4.79 Å². The van der Waals surface area contributed by atoms with Gasteiger partial charge in [-0.3, -0.25) is 0 Å². The predicted molar refractivity (Wildman–Crippen MR) is 105 cm³/mol. The molecule has 0 unspecified atom stereocenters. The molecule has 0 aliphatic heterocycles. The van der Waals surface area contributed by atoms with E-state index in [4.69, 9.17) is 31.2 Å². The molecule has 3 N–H and O–H groups in total. The van der Waals surface area contributed by atoms with Gasteiger partial charge in [0.1, 0.15) is 12.2 Å². The fourth-order valence-corrected chi connectivity index (χ4v) is 1.75. The standard InChI is InChI=1S/C18H30ClN3O5/c1-6-25-16(23)14(11-20)15(27-12-13(2)3)21-9-7-18(4,5)22-17(24)26-10-8-19/h7,9,11,13,20-21H,6,8,10,12H2,1-5H3,(H,22,24)/b9-7+,15-14-,20-11?. The topological polar surface area (TPSA) is 110 Å². The number of alkyl halides is 1. The molecule has 0 rings (SSSR count). The molecular weight excluding hydrogens is 374 g/mol. The molecule has 0 bridgehead atoms. The van der Waals surface area contributed by atoms with Crippen molar-refractivity contribution in [1.82, 2.24) is 10.6 Å². The quantitative estimate of drug-likeness (QED) is 0.152. The number of ether oxygens (including phenoxy) is 3. The summed E-state index contributed by atoms with van der Waals surface area (Å²) in [4.78, 5) is 23.6. The van der Waals surface area contributed by atoms with Gasteiger partial charge in [0.25, 0.3) is 0 Å². The summed E-state index contributed by atoms with van der Waals surface area (Å²) in [5.74, 6) is -0.120. The zero-order valence-corrected chi connectivity index (χ0v) is 17.3. The van der Waals surface area contributed by atoms with Crippen molar-refractivity contribution >= 4 is 29.9 Å². The second-order valence-electron chi connectivity index (χ2n) is 6.46. The Kier molecular flexibility index (Phi) is 12.0. The minimum atomic E-state index is -0.742. The van der Waals surface area contributed by atoms with Gasteiger partial charge < -0.3 is 30.3 Å². The number of amides is 1. The lowest BCUT2D eigenvalue weighted by Gasteiger charge is -2.22. The second kappa shape index (κ2) is 13.0. The van der Waals surface area contributed by atoms with E-state index in [1.165, 1.54) is 6.20 Å². The Balaban J connectivity index is 5.20. The Morgan fingerprint density at radius 2 is 1.89 bits per heavy atom. The van der Waals surface area contributed by atoms with Crippen LogP contribution in [0, 0.1) is 11.3 Å². The first kappa shape index (κ1) is 24.8. The van der Waals surface area contributed by atoms with Crippen LogP contribution in [-0.2, 0) is 19.0 Å². The van der Waals surface area contributed by atoms with Crippen molar-refractivity contribution in [3.05, 3.63) is 23.7 Å². The number of hydrogen-bond acceptors (Lipinski definition) is 7. The van der Waals surface area contributed by atoms with Crippen LogP contribution < -0.4 is 10.6 Å². The van der Waals surface area contributed by atoms with E-state index >= 15 is 0 Å². The number of rotatable bonds is 12. The van der Waals surface area contributed by atoms with E-state index in [-0.39, 0.29) is 36.5 Å². The summed E-state index contributed by atoms with van der Waals surface area (Å²) in [6, 6.07) is 0. The highest BCUT2D eigenvalue weighted by Crippen LogP contribution is 2.09. The van der Waals surface area contributed by atoms with Crippen molar-refractivity contribution in [2.24, 2.45) is 5.92 Å². The molecule has 8 nitrogen and oxygen atoms in total. The first-order chi connectivity index (χ1) is 12.7. The Hall–Kier alpha value is -2.22. The largest absolute Gasteiger partial charge is 0.478 e. The third-order valence-electron chi connectivity index (χ3n) is 2.89. The minimum absolute atomic E-state index is 0.0329. The fraction of sp³-hybridized carbons (Fsp3) is 0.611. The number of halogens is 1. The van der Waals surface area contributed by atoms with Crippen molar-refractivity contribution in [2.45, 2.75) is 40.2 Å². The first-order valence-electron chi connectivity index (χ1n) is 8.66. The molecular formula is C18H30ClN3O5. The Morgan fingerprint density at radius 3 is 2.41 bits per heavy atom. The van der Waals surface area contributed by atoms with E-state index in [2.05, 4.69) is 10.6 Å². The third-order valence-corrected chi connectivity index (χ3v) is 3.05. The lowest BCUT2D eigenvalue weighted by Crippen LogP contribution is -2.42. The number of nitrogens with one attached hydrogen (secondary N) is 3. The van der Waals surface area contributed by atoms with Crippen molar-refractivity contribution < 1.29 is 23.8 Å². The summed E-state index contributed by atoms with van der Waals surface area (Å²) in [7, 11) is 0. The van der Waals surface area contributed by atoms with Crippen molar-refractivity contribution in [3.8, 4) is 0 Å². The Morgan fingerprint density at radius 1 is 1.22 bits per heavy atom. The highest BCUT2D eigenvalue weighted by molar-refractivity contribution is 6.18. The molecule has 0 aromatic heterocycles. The molecule has 0 heterocycles. The zero-order valence-electron chi connectivity index (χ0n) is 16.6. The molecule has 0 atom stereocenters. The van der Waals surface area contributed by atoms with Crippen LogP contribution in [0.2, 0.25) is 0 Å².